The minimum Gasteiger partial charge on any atom is -0.493 e. The maximum absolute atomic E-state index is 6.16. The summed E-state index contributed by atoms with van der Waals surface area (Å²) < 4.78 is 6.16. The molecule has 1 aliphatic heterocycles. The maximum Gasteiger partial charge on any atom is 0.123 e. The molecule has 2 nitrogen and oxygen atoms in total. The summed E-state index contributed by atoms with van der Waals surface area (Å²) in [4.78, 5) is 0. The molecule has 0 aliphatic carbocycles. The number of rotatable bonds is 2. The summed E-state index contributed by atoms with van der Waals surface area (Å²) >= 11 is 0. The van der Waals surface area contributed by atoms with E-state index in [1.165, 1.54) is 27.8 Å². The van der Waals surface area contributed by atoms with Gasteiger partial charge in [-0.1, -0.05) is 54.1 Å². The Kier molecular flexibility index (Phi) is 3.96. The van der Waals surface area contributed by atoms with Crippen LogP contribution in [0.3, 0.4) is 0 Å². The van der Waals surface area contributed by atoms with Crippen LogP contribution in [0.5, 0.6) is 5.75 Å². The normalized spacial score (nSPS) is 19.1. The lowest BCUT2D eigenvalue weighted by Gasteiger charge is -2.35. The number of nitrogens with two attached hydrogens (primary N) is 1. The highest BCUT2D eigenvalue weighted by atomic mass is 16.5. The number of nitrogen functional groups attached to an aromatic ring is 1. The molecule has 0 radical (unpaired) electrons. The van der Waals surface area contributed by atoms with E-state index in [9.17, 15) is 0 Å². The molecule has 2 N–H and O–H groups in total. The molecule has 4 rings (SSSR count). The molecule has 2 atom stereocenters. The molecule has 0 bridgehead atoms. The first-order valence-electron chi connectivity index (χ1n) is 8.77. The van der Waals surface area contributed by atoms with Crippen molar-refractivity contribution in [3.05, 3.63) is 94.5 Å². The van der Waals surface area contributed by atoms with Gasteiger partial charge in [0.25, 0.3) is 0 Å². The van der Waals surface area contributed by atoms with Crippen LogP contribution < -0.4 is 10.5 Å². The van der Waals surface area contributed by atoms with Gasteiger partial charge in [-0.25, -0.2) is 0 Å². The number of aryl methyl sites for hydroxylation is 2. The van der Waals surface area contributed by atoms with Crippen LogP contribution in [0.25, 0.3) is 0 Å². The van der Waals surface area contributed by atoms with Crippen molar-refractivity contribution in [2.24, 2.45) is 0 Å². The number of ether oxygens (including phenoxy) is 1. The number of fused-ring (bicyclic) bond motifs is 1. The van der Waals surface area contributed by atoms with Crippen molar-refractivity contribution >= 4 is 5.69 Å². The highest BCUT2D eigenvalue weighted by Gasteiger charge is 2.33. The predicted octanol–water partition coefficient (Wildman–Crippen LogP) is 5.19. The van der Waals surface area contributed by atoms with Crippen LogP contribution in [0.2, 0.25) is 0 Å². The van der Waals surface area contributed by atoms with Crippen LogP contribution in [-0.2, 0) is 0 Å². The molecule has 2 unspecified atom stereocenters. The Bertz CT molecular complexity index is 898. The summed E-state index contributed by atoms with van der Waals surface area (Å²) in [7, 11) is 0. The van der Waals surface area contributed by atoms with Gasteiger partial charge in [0.1, 0.15) is 5.75 Å². The predicted molar refractivity (Wildman–Crippen MR) is 103 cm³/mol. The smallest absolute Gasteiger partial charge is 0.123 e. The quantitative estimate of drug-likeness (QED) is 0.656. The van der Waals surface area contributed by atoms with Crippen LogP contribution >= 0.6 is 0 Å². The third-order valence-electron chi connectivity index (χ3n) is 5.09. The lowest BCUT2D eigenvalue weighted by Crippen LogP contribution is -2.25. The largest absolute Gasteiger partial charge is 0.493 e. The third kappa shape index (κ3) is 3.00. The number of hydrogen-bond donors (Lipinski definition) is 1. The molecule has 126 valence electrons. The monoisotopic (exact) mass is 329 g/mol. The Labute approximate surface area is 149 Å². The molecule has 0 fully saturated rings. The Morgan fingerprint density at radius 3 is 2.36 bits per heavy atom. The van der Waals surface area contributed by atoms with Gasteiger partial charge in [0.15, 0.2) is 0 Å². The first kappa shape index (κ1) is 15.8. The lowest BCUT2D eigenvalue weighted by atomic mass is 9.75. The topological polar surface area (TPSA) is 35.2 Å². The molecular weight excluding hydrogens is 306 g/mol. The molecule has 0 saturated carbocycles. The Morgan fingerprint density at radius 2 is 1.60 bits per heavy atom. The summed E-state index contributed by atoms with van der Waals surface area (Å²) in [6.07, 6.45) is 0. The second-order valence-electron chi connectivity index (χ2n) is 7.02. The van der Waals surface area contributed by atoms with Crippen LogP contribution in [0, 0.1) is 13.8 Å². The fourth-order valence-corrected chi connectivity index (χ4v) is 3.82. The minimum absolute atomic E-state index is 0.270. The number of hydrogen-bond acceptors (Lipinski definition) is 2. The zero-order valence-electron chi connectivity index (χ0n) is 14.7. The van der Waals surface area contributed by atoms with Gasteiger partial charge in [0.2, 0.25) is 0 Å². The summed E-state index contributed by atoms with van der Waals surface area (Å²) in [6, 6.07) is 23.6. The molecule has 3 aromatic carbocycles. The van der Waals surface area contributed by atoms with E-state index in [1.54, 1.807) is 0 Å². The van der Waals surface area contributed by atoms with E-state index in [4.69, 9.17) is 10.5 Å². The Hall–Kier alpha value is -2.74. The summed E-state index contributed by atoms with van der Waals surface area (Å²) in [5.74, 6) is 1.57. The first-order chi connectivity index (χ1) is 12.1. The van der Waals surface area contributed by atoms with Gasteiger partial charge in [0, 0.05) is 23.1 Å². The van der Waals surface area contributed by atoms with E-state index in [1.807, 2.05) is 12.1 Å². The Morgan fingerprint density at radius 1 is 0.840 bits per heavy atom. The first-order valence-corrected chi connectivity index (χ1v) is 8.77. The molecule has 25 heavy (non-hydrogen) atoms. The van der Waals surface area contributed by atoms with Crippen molar-refractivity contribution in [1.29, 1.82) is 0 Å². The van der Waals surface area contributed by atoms with Gasteiger partial charge in [-0.15, -0.1) is 0 Å². The van der Waals surface area contributed by atoms with Gasteiger partial charge in [-0.3, -0.25) is 0 Å². The van der Waals surface area contributed by atoms with Crippen LogP contribution in [0.1, 0.15) is 39.7 Å². The van der Waals surface area contributed by atoms with Gasteiger partial charge in [0.05, 0.1) is 6.61 Å². The summed E-state index contributed by atoms with van der Waals surface area (Å²) in [5.41, 5.74) is 13.1. The highest BCUT2D eigenvalue weighted by molar-refractivity contribution is 5.51. The summed E-state index contributed by atoms with van der Waals surface area (Å²) in [6.45, 7) is 4.94. The van der Waals surface area contributed by atoms with Gasteiger partial charge in [-0.05, 0) is 48.7 Å². The standard InChI is InChI=1S/C23H23NO/c1-15-4-3-5-18(12-15)21-14-25-22-13-16(2)6-11-20(22)23(21)17-7-9-19(24)10-8-17/h3-13,21,23H,14,24H2,1-2H3. The molecule has 0 aromatic heterocycles. The van der Waals surface area contributed by atoms with E-state index in [2.05, 4.69) is 68.4 Å². The van der Waals surface area contributed by atoms with Crippen molar-refractivity contribution in [1.82, 2.24) is 0 Å². The number of anilines is 1. The molecule has 2 heteroatoms. The van der Waals surface area contributed by atoms with Gasteiger partial charge in [-0.2, -0.15) is 0 Å². The highest BCUT2D eigenvalue weighted by Crippen LogP contribution is 2.46. The zero-order valence-corrected chi connectivity index (χ0v) is 14.7. The fraction of sp³-hybridized carbons (Fsp3) is 0.217. The average Bonchev–Trinajstić information content (AvgIpc) is 2.61. The third-order valence-corrected chi connectivity index (χ3v) is 5.09. The Balaban J connectivity index is 1.86. The van der Waals surface area contributed by atoms with Crippen LogP contribution in [-0.4, -0.2) is 6.61 Å². The van der Waals surface area contributed by atoms with E-state index < -0.39 is 0 Å². The second-order valence-corrected chi connectivity index (χ2v) is 7.02. The SMILES string of the molecule is Cc1cccc(C2COc3cc(C)ccc3C2c2ccc(N)cc2)c1. The van der Waals surface area contributed by atoms with Crippen LogP contribution in [0.4, 0.5) is 5.69 Å². The minimum atomic E-state index is 0.270. The van der Waals surface area contributed by atoms with E-state index in [0.717, 1.165) is 11.4 Å². The van der Waals surface area contributed by atoms with Gasteiger partial charge >= 0.3 is 0 Å². The van der Waals surface area contributed by atoms with Crippen molar-refractivity contribution in [2.45, 2.75) is 25.7 Å². The zero-order chi connectivity index (χ0) is 17.4. The van der Waals surface area contributed by atoms with Crippen molar-refractivity contribution in [2.75, 3.05) is 12.3 Å². The molecule has 0 amide bonds. The van der Waals surface area contributed by atoms with Crippen LogP contribution in [0.15, 0.2) is 66.7 Å². The fourth-order valence-electron chi connectivity index (χ4n) is 3.82. The summed E-state index contributed by atoms with van der Waals surface area (Å²) in [5, 5.41) is 0. The second kappa shape index (κ2) is 6.29. The molecule has 3 aromatic rings. The van der Waals surface area contributed by atoms with Crippen molar-refractivity contribution in [3.63, 3.8) is 0 Å². The maximum atomic E-state index is 6.16. The molecule has 1 heterocycles. The lowest BCUT2D eigenvalue weighted by molar-refractivity contribution is 0.249. The molecule has 1 aliphatic rings. The van der Waals surface area contributed by atoms with Crippen molar-refractivity contribution in [3.8, 4) is 5.75 Å². The molecule has 0 saturated heterocycles. The van der Waals surface area contributed by atoms with Gasteiger partial charge < -0.3 is 10.5 Å². The van der Waals surface area contributed by atoms with E-state index in [-0.39, 0.29) is 5.92 Å². The van der Waals surface area contributed by atoms with E-state index >= 15 is 0 Å². The number of benzene rings is 3. The van der Waals surface area contributed by atoms with Crippen molar-refractivity contribution < 1.29 is 4.74 Å². The van der Waals surface area contributed by atoms with E-state index in [0.29, 0.717) is 12.5 Å². The molecular formula is C23H23NO. The molecule has 0 spiro atoms. The average molecular weight is 329 g/mol.